The summed E-state index contributed by atoms with van der Waals surface area (Å²) in [6.45, 7) is 0. The molecular weight excluding hydrogens is 389 g/mol. The third-order valence-electron chi connectivity index (χ3n) is 5.46. The molecule has 28 heavy (non-hydrogen) atoms. The van der Waals surface area contributed by atoms with E-state index >= 15 is 0 Å². The van der Waals surface area contributed by atoms with Crippen LogP contribution in [0.5, 0.6) is 0 Å². The molecule has 0 spiro atoms. The molecule has 3 nitrogen and oxygen atoms in total. The Labute approximate surface area is 174 Å². The molecule has 140 valence electrons. The number of anilines is 1. The van der Waals surface area contributed by atoms with E-state index in [2.05, 4.69) is 47.0 Å². The molecule has 2 aliphatic rings. The second kappa shape index (κ2) is 7.16. The van der Waals surface area contributed by atoms with Crippen molar-refractivity contribution in [3.05, 3.63) is 99.0 Å². The van der Waals surface area contributed by atoms with E-state index in [1.807, 2.05) is 24.3 Å². The number of aliphatic imine (C=N–C) groups is 1. The third-order valence-corrected chi connectivity index (χ3v) is 6.04. The Bertz CT molecular complexity index is 1080. The van der Waals surface area contributed by atoms with Crippen LogP contribution < -0.4 is 10.6 Å². The van der Waals surface area contributed by atoms with Gasteiger partial charge in [-0.2, -0.15) is 0 Å². The second-order valence-corrected chi connectivity index (χ2v) is 8.04. The Morgan fingerprint density at radius 3 is 2.57 bits per heavy atom. The van der Waals surface area contributed by atoms with Gasteiger partial charge in [0.15, 0.2) is 5.96 Å². The largest absolute Gasteiger partial charge is 0.349 e. The van der Waals surface area contributed by atoms with Crippen molar-refractivity contribution < 1.29 is 0 Å². The number of benzene rings is 3. The van der Waals surface area contributed by atoms with Crippen LogP contribution in [0.4, 0.5) is 5.69 Å². The van der Waals surface area contributed by atoms with Gasteiger partial charge in [0.25, 0.3) is 0 Å². The molecule has 1 aliphatic heterocycles. The van der Waals surface area contributed by atoms with Gasteiger partial charge < -0.3 is 10.6 Å². The van der Waals surface area contributed by atoms with E-state index in [1.54, 1.807) is 6.07 Å². The maximum absolute atomic E-state index is 6.51. The number of nitrogens with zero attached hydrogens (tertiary/aromatic N) is 1. The molecular formula is C23H19Cl2N3. The SMILES string of the molecule is Clc1ccc(Cl)c(C2N=C(NC3CCc4ccccc43)Nc3ccccc32)c1. The summed E-state index contributed by atoms with van der Waals surface area (Å²) in [6.07, 6.45) is 2.14. The number of rotatable bonds is 2. The molecule has 5 heteroatoms. The van der Waals surface area contributed by atoms with E-state index < -0.39 is 0 Å². The lowest BCUT2D eigenvalue weighted by Crippen LogP contribution is -2.36. The van der Waals surface area contributed by atoms with Crippen molar-refractivity contribution in [2.45, 2.75) is 24.9 Å². The number of hydrogen-bond acceptors (Lipinski definition) is 3. The number of nitrogens with one attached hydrogen (secondary N) is 2. The van der Waals surface area contributed by atoms with Crippen LogP contribution in [0, 0.1) is 0 Å². The first-order valence-corrected chi connectivity index (χ1v) is 10.2. The van der Waals surface area contributed by atoms with Gasteiger partial charge in [-0.15, -0.1) is 0 Å². The molecule has 0 amide bonds. The fourth-order valence-electron chi connectivity index (χ4n) is 4.11. The zero-order valence-electron chi connectivity index (χ0n) is 15.1. The van der Waals surface area contributed by atoms with Gasteiger partial charge in [0.05, 0.1) is 6.04 Å². The number of guanidine groups is 1. The molecule has 0 saturated carbocycles. The lowest BCUT2D eigenvalue weighted by atomic mass is 9.96. The van der Waals surface area contributed by atoms with Crippen LogP contribution in [0.15, 0.2) is 71.7 Å². The first kappa shape index (κ1) is 17.6. The predicted octanol–water partition coefficient (Wildman–Crippen LogP) is 6.14. The summed E-state index contributed by atoms with van der Waals surface area (Å²) >= 11 is 12.8. The van der Waals surface area contributed by atoms with Gasteiger partial charge in [-0.25, -0.2) is 4.99 Å². The van der Waals surface area contributed by atoms with Gasteiger partial charge in [-0.1, -0.05) is 65.7 Å². The van der Waals surface area contributed by atoms with Gasteiger partial charge in [-0.3, -0.25) is 0 Å². The summed E-state index contributed by atoms with van der Waals surface area (Å²) < 4.78 is 0. The molecule has 0 aromatic heterocycles. The lowest BCUT2D eigenvalue weighted by molar-refractivity contribution is 0.633. The number of fused-ring (bicyclic) bond motifs is 2. The quantitative estimate of drug-likeness (QED) is 0.534. The molecule has 1 aliphatic carbocycles. The summed E-state index contributed by atoms with van der Waals surface area (Å²) in [5.74, 6) is 0.765. The van der Waals surface area contributed by atoms with Crippen LogP contribution in [0.1, 0.15) is 40.8 Å². The standard InChI is InChI=1S/C23H19Cl2N3/c24-15-10-11-19(25)18(13-15)22-17-7-3-4-8-20(17)26-23(28-22)27-21-12-9-14-5-1-2-6-16(14)21/h1-8,10-11,13,21-22H,9,12H2,(H2,26,27,28). The smallest absolute Gasteiger partial charge is 0.197 e. The topological polar surface area (TPSA) is 36.4 Å². The van der Waals surface area contributed by atoms with E-state index in [0.29, 0.717) is 10.0 Å². The summed E-state index contributed by atoms with van der Waals surface area (Å²) in [5, 5.41) is 8.39. The fourth-order valence-corrected chi connectivity index (χ4v) is 4.52. The molecule has 1 heterocycles. The zero-order valence-corrected chi connectivity index (χ0v) is 16.6. The van der Waals surface area contributed by atoms with E-state index in [4.69, 9.17) is 28.2 Å². The van der Waals surface area contributed by atoms with E-state index in [0.717, 1.165) is 35.6 Å². The molecule has 2 atom stereocenters. The average Bonchev–Trinajstić information content (AvgIpc) is 3.12. The predicted molar refractivity (Wildman–Crippen MR) is 116 cm³/mol. The average molecular weight is 408 g/mol. The Morgan fingerprint density at radius 1 is 0.893 bits per heavy atom. The summed E-state index contributed by atoms with van der Waals surface area (Å²) in [6, 6.07) is 22.4. The molecule has 0 saturated heterocycles. The highest BCUT2D eigenvalue weighted by Crippen LogP contribution is 2.39. The minimum atomic E-state index is -0.206. The molecule has 0 bridgehead atoms. The first-order chi connectivity index (χ1) is 13.7. The molecule has 3 aromatic carbocycles. The minimum absolute atomic E-state index is 0.206. The number of para-hydroxylation sites is 1. The van der Waals surface area contributed by atoms with E-state index in [1.165, 1.54) is 11.1 Å². The highest BCUT2D eigenvalue weighted by atomic mass is 35.5. The van der Waals surface area contributed by atoms with Gasteiger partial charge in [-0.05, 0) is 48.2 Å². The van der Waals surface area contributed by atoms with Crippen LogP contribution in [-0.2, 0) is 6.42 Å². The van der Waals surface area contributed by atoms with Gasteiger partial charge in [0, 0.05) is 26.9 Å². The number of aryl methyl sites for hydroxylation is 1. The van der Waals surface area contributed by atoms with E-state index in [9.17, 15) is 0 Å². The Balaban J connectivity index is 1.53. The molecule has 3 aromatic rings. The molecule has 0 fully saturated rings. The second-order valence-electron chi connectivity index (χ2n) is 7.19. The minimum Gasteiger partial charge on any atom is -0.349 e. The first-order valence-electron chi connectivity index (χ1n) is 9.42. The van der Waals surface area contributed by atoms with Crippen molar-refractivity contribution in [3.63, 3.8) is 0 Å². The van der Waals surface area contributed by atoms with Crippen molar-refractivity contribution in [2.24, 2.45) is 4.99 Å². The van der Waals surface area contributed by atoms with Crippen LogP contribution >= 0.6 is 23.2 Å². The highest BCUT2D eigenvalue weighted by Gasteiger charge is 2.28. The van der Waals surface area contributed by atoms with Gasteiger partial charge in [0.1, 0.15) is 6.04 Å². The van der Waals surface area contributed by atoms with Crippen LogP contribution in [0.3, 0.4) is 0 Å². The highest BCUT2D eigenvalue weighted by molar-refractivity contribution is 6.33. The van der Waals surface area contributed by atoms with Crippen molar-refractivity contribution in [3.8, 4) is 0 Å². The summed E-state index contributed by atoms with van der Waals surface area (Å²) in [4.78, 5) is 4.98. The lowest BCUT2D eigenvalue weighted by Gasteiger charge is -2.28. The van der Waals surface area contributed by atoms with Gasteiger partial charge >= 0.3 is 0 Å². The Hall–Kier alpha value is -2.49. The number of hydrogen-bond donors (Lipinski definition) is 2. The Kier molecular flexibility index (Phi) is 4.50. The summed E-state index contributed by atoms with van der Waals surface area (Å²) in [5.41, 5.74) is 5.79. The molecule has 2 N–H and O–H groups in total. The third kappa shape index (κ3) is 3.15. The van der Waals surface area contributed by atoms with Crippen molar-refractivity contribution >= 4 is 34.8 Å². The van der Waals surface area contributed by atoms with Crippen molar-refractivity contribution in [2.75, 3.05) is 5.32 Å². The van der Waals surface area contributed by atoms with Crippen LogP contribution in [0.25, 0.3) is 0 Å². The summed E-state index contributed by atoms with van der Waals surface area (Å²) in [7, 11) is 0. The maximum Gasteiger partial charge on any atom is 0.197 e. The van der Waals surface area contributed by atoms with Gasteiger partial charge in [0.2, 0.25) is 0 Å². The van der Waals surface area contributed by atoms with Crippen molar-refractivity contribution in [1.82, 2.24) is 5.32 Å². The van der Waals surface area contributed by atoms with Crippen LogP contribution in [0.2, 0.25) is 10.0 Å². The molecule has 0 radical (unpaired) electrons. The fraction of sp³-hybridized carbons (Fsp3) is 0.174. The molecule has 2 unspecified atom stereocenters. The number of halogens is 2. The van der Waals surface area contributed by atoms with Crippen molar-refractivity contribution in [1.29, 1.82) is 0 Å². The maximum atomic E-state index is 6.51. The monoisotopic (exact) mass is 407 g/mol. The molecule has 5 rings (SSSR count). The van der Waals surface area contributed by atoms with Crippen LogP contribution in [-0.4, -0.2) is 5.96 Å². The van der Waals surface area contributed by atoms with E-state index in [-0.39, 0.29) is 12.1 Å². The normalized spacial score (nSPS) is 20.0. The zero-order chi connectivity index (χ0) is 19.1. The Morgan fingerprint density at radius 2 is 1.68 bits per heavy atom.